The fourth-order valence-corrected chi connectivity index (χ4v) is 3.74. The molecule has 3 aromatic rings. The van der Waals surface area contributed by atoms with Crippen molar-refractivity contribution in [1.29, 1.82) is 0 Å². The second kappa shape index (κ2) is 8.10. The summed E-state index contributed by atoms with van der Waals surface area (Å²) in [5.74, 6) is 2.81. The highest BCUT2D eigenvalue weighted by molar-refractivity contribution is 5.74. The number of nitrogens with one attached hydrogen (secondary N) is 3. The van der Waals surface area contributed by atoms with Gasteiger partial charge in [-0.05, 0) is 37.3 Å². The zero-order chi connectivity index (χ0) is 20.4. The Labute approximate surface area is 169 Å². The minimum Gasteiger partial charge on any atom is -0.353 e. The minimum absolute atomic E-state index is 0.0244. The third-order valence-electron chi connectivity index (χ3n) is 5.07. The second-order valence-electron chi connectivity index (χ2n) is 8.06. The fourth-order valence-electron chi connectivity index (χ4n) is 3.74. The lowest BCUT2D eigenvalue weighted by molar-refractivity contribution is -0.119. The summed E-state index contributed by atoms with van der Waals surface area (Å²) < 4.78 is 1.84. The van der Waals surface area contributed by atoms with Crippen LogP contribution >= 0.6 is 0 Å². The number of aromatic nitrogens is 5. The highest BCUT2D eigenvalue weighted by atomic mass is 16.1. The van der Waals surface area contributed by atoms with E-state index in [-0.39, 0.29) is 11.9 Å². The van der Waals surface area contributed by atoms with Gasteiger partial charge in [0, 0.05) is 38.3 Å². The lowest BCUT2D eigenvalue weighted by Gasteiger charge is -2.32. The molecule has 1 aliphatic rings. The number of H-pyrrole nitrogens is 1. The molecule has 1 saturated heterocycles. The van der Waals surface area contributed by atoms with Crippen molar-refractivity contribution in [2.75, 3.05) is 23.3 Å². The Kier molecular flexibility index (Phi) is 5.37. The van der Waals surface area contributed by atoms with E-state index in [0.717, 1.165) is 55.2 Å². The van der Waals surface area contributed by atoms with Gasteiger partial charge in [-0.15, -0.1) is 5.10 Å². The Hall–Kier alpha value is -3.10. The van der Waals surface area contributed by atoms with Crippen LogP contribution in [0.4, 0.5) is 17.6 Å². The van der Waals surface area contributed by atoms with Gasteiger partial charge in [0.15, 0.2) is 5.82 Å². The van der Waals surface area contributed by atoms with E-state index in [9.17, 15) is 4.79 Å². The summed E-state index contributed by atoms with van der Waals surface area (Å²) in [5.41, 5.74) is 1.94. The number of carbonyl (C=O) groups is 1. The van der Waals surface area contributed by atoms with Gasteiger partial charge in [0.25, 0.3) is 0 Å². The van der Waals surface area contributed by atoms with Crippen LogP contribution in [0.15, 0.2) is 24.4 Å². The van der Waals surface area contributed by atoms with Crippen molar-refractivity contribution in [3.8, 4) is 0 Å². The van der Waals surface area contributed by atoms with Crippen LogP contribution in [0.5, 0.6) is 0 Å². The molecule has 1 fully saturated rings. The maximum absolute atomic E-state index is 11.3. The van der Waals surface area contributed by atoms with E-state index in [4.69, 9.17) is 4.98 Å². The third kappa shape index (κ3) is 4.49. The zero-order valence-corrected chi connectivity index (χ0v) is 17.1. The van der Waals surface area contributed by atoms with E-state index in [2.05, 4.69) is 44.7 Å². The average molecular weight is 396 g/mol. The first-order valence-electron chi connectivity index (χ1n) is 10.2. The normalized spacial score (nSPS) is 15.2. The van der Waals surface area contributed by atoms with E-state index in [1.54, 1.807) is 6.92 Å². The van der Waals surface area contributed by atoms with Crippen molar-refractivity contribution in [3.05, 3.63) is 30.1 Å². The third-order valence-corrected chi connectivity index (χ3v) is 5.07. The van der Waals surface area contributed by atoms with E-state index in [0.29, 0.717) is 11.9 Å². The van der Waals surface area contributed by atoms with E-state index >= 15 is 0 Å². The number of carbonyl (C=O) groups excluding carboxylic acids is 1. The molecule has 154 valence electrons. The molecule has 9 heteroatoms. The van der Waals surface area contributed by atoms with Crippen LogP contribution in [0.1, 0.15) is 39.3 Å². The number of fused-ring (bicyclic) bond motifs is 1. The molecular weight excluding hydrogens is 368 g/mol. The molecule has 0 radical (unpaired) electrons. The van der Waals surface area contributed by atoms with Gasteiger partial charge in [-0.2, -0.15) is 10.1 Å². The first kappa shape index (κ1) is 19.2. The molecule has 4 heterocycles. The number of piperidine rings is 1. The molecule has 0 unspecified atom stereocenters. The highest BCUT2D eigenvalue weighted by Crippen LogP contribution is 2.24. The minimum atomic E-state index is 0.0244. The SMILES string of the molecule is CC(=O)NC1CCN(c2nc(Nc3cc(CC(C)C)n[nH]3)c3cccn3n2)CC1. The number of amides is 1. The predicted molar refractivity (Wildman–Crippen MR) is 112 cm³/mol. The first-order valence-corrected chi connectivity index (χ1v) is 10.2. The first-order chi connectivity index (χ1) is 14.0. The van der Waals surface area contributed by atoms with Gasteiger partial charge < -0.3 is 15.5 Å². The summed E-state index contributed by atoms with van der Waals surface area (Å²) >= 11 is 0. The van der Waals surface area contributed by atoms with E-state index in [1.807, 2.05) is 28.9 Å². The Morgan fingerprint density at radius 3 is 2.86 bits per heavy atom. The van der Waals surface area contributed by atoms with Crippen LogP contribution in [0.25, 0.3) is 5.52 Å². The fraction of sp³-hybridized carbons (Fsp3) is 0.500. The number of hydrogen-bond donors (Lipinski definition) is 3. The number of aromatic amines is 1. The molecule has 0 spiro atoms. The van der Waals surface area contributed by atoms with Crippen molar-refractivity contribution < 1.29 is 4.79 Å². The summed E-state index contributed by atoms with van der Waals surface area (Å²) in [6.07, 6.45) is 4.62. The van der Waals surface area contributed by atoms with Crippen molar-refractivity contribution in [3.63, 3.8) is 0 Å². The molecule has 0 aliphatic carbocycles. The second-order valence-corrected chi connectivity index (χ2v) is 8.06. The maximum Gasteiger partial charge on any atom is 0.245 e. The van der Waals surface area contributed by atoms with E-state index in [1.165, 1.54) is 0 Å². The van der Waals surface area contributed by atoms with Crippen LogP contribution in [0.2, 0.25) is 0 Å². The molecule has 9 nitrogen and oxygen atoms in total. The summed E-state index contributed by atoms with van der Waals surface area (Å²) in [6.45, 7) is 7.53. The van der Waals surface area contributed by atoms with Crippen LogP contribution in [-0.2, 0) is 11.2 Å². The molecule has 3 aromatic heterocycles. The number of rotatable bonds is 6. The van der Waals surface area contributed by atoms with Gasteiger partial charge in [-0.3, -0.25) is 9.89 Å². The van der Waals surface area contributed by atoms with Crippen molar-refractivity contribution in [2.24, 2.45) is 5.92 Å². The van der Waals surface area contributed by atoms with Gasteiger partial charge in [0.2, 0.25) is 11.9 Å². The van der Waals surface area contributed by atoms with E-state index < -0.39 is 0 Å². The van der Waals surface area contributed by atoms with Gasteiger partial charge in [-0.25, -0.2) is 4.52 Å². The lowest BCUT2D eigenvalue weighted by atomic mass is 10.1. The summed E-state index contributed by atoms with van der Waals surface area (Å²) in [7, 11) is 0. The topological polar surface area (TPSA) is 103 Å². The van der Waals surface area contributed by atoms with Crippen molar-refractivity contribution in [2.45, 2.75) is 46.1 Å². The summed E-state index contributed by atoms with van der Waals surface area (Å²) in [4.78, 5) is 18.3. The standard InChI is InChI=1S/C20H28N8O/c1-13(2)11-16-12-18(25-24-16)22-19-17-5-4-8-28(17)26-20(23-19)27-9-6-15(7-10-27)21-14(3)29/h4-5,8,12-13,15H,6-7,9-11H2,1-3H3,(H,21,29)(H2,22,23,24,25,26). The average Bonchev–Trinajstić information content (AvgIpc) is 3.30. The molecule has 29 heavy (non-hydrogen) atoms. The van der Waals surface area contributed by atoms with Gasteiger partial charge in [0.1, 0.15) is 11.3 Å². The summed E-state index contributed by atoms with van der Waals surface area (Å²) in [5, 5.41) is 18.5. The molecule has 3 N–H and O–H groups in total. The lowest BCUT2D eigenvalue weighted by Crippen LogP contribution is -2.44. The zero-order valence-electron chi connectivity index (χ0n) is 17.1. The van der Waals surface area contributed by atoms with Crippen LogP contribution in [0, 0.1) is 5.92 Å². The Bertz CT molecular complexity index is 983. The molecular formula is C20H28N8O. The van der Waals surface area contributed by atoms with Gasteiger partial charge in [0.05, 0.1) is 5.69 Å². The highest BCUT2D eigenvalue weighted by Gasteiger charge is 2.23. The number of hydrogen-bond acceptors (Lipinski definition) is 6. The van der Waals surface area contributed by atoms with Crippen molar-refractivity contribution >= 4 is 29.0 Å². The number of anilines is 3. The molecule has 1 aliphatic heterocycles. The van der Waals surface area contributed by atoms with Crippen LogP contribution in [0.3, 0.4) is 0 Å². The van der Waals surface area contributed by atoms with Gasteiger partial charge >= 0.3 is 0 Å². The smallest absolute Gasteiger partial charge is 0.245 e. The quantitative estimate of drug-likeness (QED) is 0.592. The Balaban J connectivity index is 1.53. The Morgan fingerprint density at radius 1 is 1.34 bits per heavy atom. The largest absolute Gasteiger partial charge is 0.353 e. The molecule has 0 bridgehead atoms. The number of nitrogens with zero attached hydrogens (tertiary/aromatic N) is 5. The Morgan fingerprint density at radius 2 is 2.14 bits per heavy atom. The molecule has 1 amide bonds. The molecule has 4 rings (SSSR count). The molecule has 0 saturated carbocycles. The van der Waals surface area contributed by atoms with Crippen molar-refractivity contribution in [1.82, 2.24) is 30.1 Å². The predicted octanol–water partition coefficient (Wildman–Crippen LogP) is 2.50. The van der Waals surface area contributed by atoms with Crippen LogP contribution in [-0.4, -0.2) is 49.8 Å². The van der Waals surface area contributed by atoms with Crippen LogP contribution < -0.4 is 15.5 Å². The summed E-state index contributed by atoms with van der Waals surface area (Å²) in [6, 6.07) is 6.20. The monoisotopic (exact) mass is 396 g/mol. The molecule has 0 atom stereocenters. The van der Waals surface area contributed by atoms with Gasteiger partial charge in [-0.1, -0.05) is 13.8 Å². The maximum atomic E-state index is 11.3. The molecule has 0 aromatic carbocycles.